The molecule has 5 nitrogen and oxygen atoms in total. The van der Waals surface area contributed by atoms with Crippen LogP contribution in [-0.2, 0) is 4.79 Å². The van der Waals surface area contributed by atoms with E-state index in [9.17, 15) is 9.59 Å². The van der Waals surface area contributed by atoms with E-state index in [0.717, 1.165) is 18.4 Å². The van der Waals surface area contributed by atoms with Crippen molar-refractivity contribution in [2.45, 2.75) is 25.0 Å². The molecule has 0 radical (unpaired) electrons. The van der Waals surface area contributed by atoms with Gasteiger partial charge in [0.15, 0.2) is 0 Å². The number of aliphatic hydroxyl groups is 1. The molecule has 1 aliphatic heterocycles. The number of rotatable bonds is 4. The van der Waals surface area contributed by atoms with E-state index < -0.39 is 0 Å². The number of nitrogens with one attached hydrogen (secondary N) is 1. The molecule has 110 valence electrons. The Morgan fingerprint density at radius 1 is 1.19 bits per heavy atom. The molecule has 0 aromatic heterocycles. The van der Waals surface area contributed by atoms with E-state index in [1.54, 1.807) is 23.1 Å². The topological polar surface area (TPSA) is 69.6 Å². The summed E-state index contributed by atoms with van der Waals surface area (Å²) in [7, 11) is 0. The van der Waals surface area contributed by atoms with Crippen molar-refractivity contribution in [3.05, 3.63) is 41.5 Å². The molecule has 1 aliphatic carbocycles. The highest BCUT2D eigenvalue weighted by Gasteiger charge is 2.27. The molecular formula is C16H18N2O3. The molecule has 2 amide bonds. The number of carbonyl (C=O) groups is 2. The first-order valence-electron chi connectivity index (χ1n) is 7.18. The van der Waals surface area contributed by atoms with Gasteiger partial charge in [0.1, 0.15) is 0 Å². The maximum Gasteiger partial charge on any atom is 0.251 e. The Hall–Kier alpha value is -2.14. The molecule has 1 heterocycles. The monoisotopic (exact) mass is 286 g/mol. The largest absolute Gasteiger partial charge is 0.389 e. The standard InChI is InChI=1S/C16H18N2O3/c19-14-9-18(10-14)15(20)8-3-11-1-4-12(5-2-11)16(21)17-13-6-7-13/h1-5,8,13-14,19H,6-7,9-10H2,(H,17,21)/b8-3+. The molecule has 0 bridgehead atoms. The summed E-state index contributed by atoms with van der Waals surface area (Å²) in [5.41, 5.74) is 1.50. The van der Waals surface area contributed by atoms with E-state index in [-0.39, 0.29) is 17.9 Å². The summed E-state index contributed by atoms with van der Waals surface area (Å²) in [6.07, 6.45) is 4.96. The highest BCUT2D eigenvalue weighted by Crippen LogP contribution is 2.19. The van der Waals surface area contributed by atoms with Gasteiger partial charge in [0, 0.05) is 30.8 Å². The Kier molecular flexibility index (Phi) is 3.75. The van der Waals surface area contributed by atoms with Crippen LogP contribution in [-0.4, -0.2) is 47.1 Å². The second-order valence-electron chi connectivity index (χ2n) is 5.60. The van der Waals surface area contributed by atoms with Gasteiger partial charge in [0.2, 0.25) is 5.91 Å². The van der Waals surface area contributed by atoms with Crippen LogP contribution in [0.25, 0.3) is 6.08 Å². The molecule has 2 fully saturated rings. The average molecular weight is 286 g/mol. The second-order valence-corrected chi connectivity index (χ2v) is 5.60. The summed E-state index contributed by atoms with van der Waals surface area (Å²) >= 11 is 0. The van der Waals surface area contributed by atoms with Gasteiger partial charge < -0.3 is 15.3 Å². The fraction of sp³-hybridized carbons (Fsp3) is 0.375. The molecule has 2 aliphatic rings. The van der Waals surface area contributed by atoms with Crippen molar-refractivity contribution in [3.8, 4) is 0 Å². The van der Waals surface area contributed by atoms with Crippen LogP contribution in [0.3, 0.4) is 0 Å². The predicted molar refractivity (Wildman–Crippen MR) is 78.6 cm³/mol. The van der Waals surface area contributed by atoms with E-state index in [1.807, 2.05) is 12.1 Å². The Bertz CT molecular complexity index is 570. The molecule has 1 saturated carbocycles. The van der Waals surface area contributed by atoms with Crippen molar-refractivity contribution in [1.82, 2.24) is 10.2 Å². The molecule has 0 spiro atoms. The number of likely N-dealkylation sites (tertiary alicyclic amines) is 1. The predicted octanol–water partition coefficient (Wildman–Crippen LogP) is 0.795. The summed E-state index contributed by atoms with van der Waals surface area (Å²) in [6.45, 7) is 0.812. The zero-order valence-corrected chi connectivity index (χ0v) is 11.7. The van der Waals surface area contributed by atoms with Crippen LogP contribution in [0, 0.1) is 0 Å². The van der Waals surface area contributed by atoms with Gasteiger partial charge in [-0.05, 0) is 36.6 Å². The maximum absolute atomic E-state index is 11.8. The SMILES string of the molecule is O=C(NC1CC1)c1ccc(/C=C/C(=O)N2CC(O)C2)cc1. The smallest absolute Gasteiger partial charge is 0.251 e. The van der Waals surface area contributed by atoms with Crippen molar-refractivity contribution in [2.75, 3.05) is 13.1 Å². The third kappa shape index (κ3) is 3.49. The minimum absolute atomic E-state index is 0.0429. The zero-order chi connectivity index (χ0) is 14.8. The molecule has 1 aromatic carbocycles. The van der Waals surface area contributed by atoms with E-state index in [0.29, 0.717) is 24.7 Å². The number of β-amino-alcohol motifs (C(OH)–C–C–N with tert-alkyl or cyclic N) is 1. The number of benzene rings is 1. The number of amides is 2. The Morgan fingerprint density at radius 3 is 2.43 bits per heavy atom. The lowest BCUT2D eigenvalue weighted by Crippen LogP contribution is -2.52. The lowest BCUT2D eigenvalue weighted by Gasteiger charge is -2.34. The zero-order valence-electron chi connectivity index (χ0n) is 11.7. The van der Waals surface area contributed by atoms with Gasteiger partial charge in [-0.25, -0.2) is 0 Å². The highest BCUT2D eigenvalue weighted by molar-refractivity contribution is 5.95. The van der Waals surface area contributed by atoms with E-state index >= 15 is 0 Å². The second kappa shape index (κ2) is 5.69. The molecule has 5 heteroatoms. The van der Waals surface area contributed by atoms with Gasteiger partial charge in [-0.3, -0.25) is 9.59 Å². The Labute approximate surface area is 123 Å². The van der Waals surface area contributed by atoms with Crippen LogP contribution in [0.4, 0.5) is 0 Å². The molecule has 3 rings (SSSR count). The van der Waals surface area contributed by atoms with E-state index in [2.05, 4.69) is 5.32 Å². The van der Waals surface area contributed by atoms with Crippen LogP contribution < -0.4 is 5.32 Å². The molecule has 1 aromatic rings. The van der Waals surface area contributed by atoms with Crippen LogP contribution in [0.15, 0.2) is 30.3 Å². The average Bonchev–Trinajstić information content (AvgIpc) is 3.26. The van der Waals surface area contributed by atoms with Crippen LogP contribution in [0.2, 0.25) is 0 Å². The summed E-state index contributed by atoms with van der Waals surface area (Å²) in [5.74, 6) is -0.144. The van der Waals surface area contributed by atoms with Gasteiger partial charge in [-0.1, -0.05) is 12.1 Å². The summed E-state index contributed by atoms with van der Waals surface area (Å²) < 4.78 is 0. The first-order chi connectivity index (χ1) is 10.1. The number of hydrogen-bond acceptors (Lipinski definition) is 3. The number of carbonyl (C=O) groups excluding carboxylic acids is 2. The van der Waals surface area contributed by atoms with Gasteiger partial charge in [-0.15, -0.1) is 0 Å². The first-order valence-corrected chi connectivity index (χ1v) is 7.18. The fourth-order valence-corrected chi connectivity index (χ4v) is 2.15. The molecule has 2 N–H and O–H groups in total. The number of aliphatic hydroxyl groups excluding tert-OH is 1. The van der Waals surface area contributed by atoms with Gasteiger partial charge in [0.25, 0.3) is 5.91 Å². The lowest BCUT2D eigenvalue weighted by atomic mass is 10.1. The van der Waals surface area contributed by atoms with Gasteiger partial charge >= 0.3 is 0 Å². The van der Waals surface area contributed by atoms with Crippen molar-refractivity contribution in [2.24, 2.45) is 0 Å². The van der Waals surface area contributed by atoms with Crippen molar-refractivity contribution < 1.29 is 14.7 Å². The molecule has 21 heavy (non-hydrogen) atoms. The fourth-order valence-electron chi connectivity index (χ4n) is 2.15. The number of nitrogens with zero attached hydrogens (tertiary/aromatic N) is 1. The minimum atomic E-state index is -0.383. The quantitative estimate of drug-likeness (QED) is 0.804. The molecular weight excluding hydrogens is 268 g/mol. The van der Waals surface area contributed by atoms with Gasteiger partial charge in [-0.2, -0.15) is 0 Å². The lowest BCUT2D eigenvalue weighted by molar-refractivity contribution is -0.135. The van der Waals surface area contributed by atoms with Crippen molar-refractivity contribution >= 4 is 17.9 Å². The number of hydrogen-bond donors (Lipinski definition) is 2. The first kappa shape index (κ1) is 13.8. The summed E-state index contributed by atoms with van der Waals surface area (Å²) in [4.78, 5) is 25.1. The normalized spacial score (nSPS) is 18.6. The third-order valence-corrected chi connectivity index (χ3v) is 3.68. The molecule has 0 atom stereocenters. The van der Waals surface area contributed by atoms with Crippen molar-refractivity contribution in [3.63, 3.8) is 0 Å². The summed E-state index contributed by atoms with van der Waals surface area (Å²) in [5, 5.41) is 12.1. The summed E-state index contributed by atoms with van der Waals surface area (Å²) in [6, 6.07) is 7.50. The molecule has 0 unspecified atom stereocenters. The van der Waals surface area contributed by atoms with E-state index in [4.69, 9.17) is 5.11 Å². The van der Waals surface area contributed by atoms with Crippen LogP contribution in [0.1, 0.15) is 28.8 Å². The van der Waals surface area contributed by atoms with Crippen molar-refractivity contribution in [1.29, 1.82) is 0 Å². The van der Waals surface area contributed by atoms with Crippen LogP contribution >= 0.6 is 0 Å². The van der Waals surface area contributed by atoms with E-state index in [1.165, 1.54) is 6.08 Å². The Morgan fingerprint density at radius 2 is 1.86 bits per heavy atom. The van der Waals surface area contributed by atoms with Crippen LogP contribution in [0.5, 0.6) is 0 Å². The minimum Gasteiger partial charge on any atom is -0.389 e. The third-order valence-electron chi connectivity index (χ3n) is 3.68. The maximum atomic E-state index is 11.8. The Balaban J connectivity index is 1.56. The molecule has 1 saturated heterocycles. The van der Waals surface area contributed by atoms with Gasteiger partial charge in [0.05, 0.1) is 6.10 Å². The highest BCUT2D eigenvalue weighted by atomic mass is 16.3.